The number of para-hydroxylation sites is 2. The summed E-state index contributed by atoms with van der Waals surface area (Å²) in [6.07, 6.45) is 1.64. The fourth-order valence-corrected chi connectivity index (χ4v) is 5.46. The normalized spacial score (nSPS) is 11.7. The van der Waals surface area contributed by atoms with Crippen LogP contribution in [-0.2, 0) is 9.59 Å². The smallest absolute Gasteiger partial charge is 0.272 e. The number of thioether (sulfide) groups is 1. The molecule has 0 fully saturated rings. The highest BCUT2D eigenvalue weighted by Gasteiger charge is 2.24. The summed E-state index contributed by atoms with van der Waals surface area (Å²) in [5.74, 6) is -0.928. The lowest BCUT2D eigenvalue weighted by Crippen LogP contribution is -2.32. The van der Waals surface area contributed by atoms with Gasteiger partial charge in [-0.3, -0.25) is 19.3 Å². The van der Waals surface area contributed by atoms with Crippen LogP contribution in [0, 0.1) is 0 Å². The first-order valence-electron chi connectivity index (χ1n) is 14.1. The quantitative estimate of drug-likeness (QED) is 0.127. The zero-order valence-corrected chi connectivity index (χ0v) is 24.9. The molecule has 218 valence electrons. The molecule has 1 atom stereocenters. The van der Waals surface area contributed by atoms with E-state index in [0.29, 0.717) is 11.3 Å². The van der Waals surface area contributed by atoms with Crippen molar-refractivity contribution in [2.75, 3.05) is 10.2 Å². The SMILES string of the molecule is CC(Sc1cccc(NC(=O)/C(=C\c2ccccc2)NC(=O)c2ccccc2)c1)C(=O)N(c1ccccc1)c1ccccc1. The molecular formula is C37H31N3O3S. The molecule has 0 saturated heterocycles. The molecule has 0 aliphatic rings. The summed E-state index contributed by atoms with van der Waals surface area (Å²) in [6, 6.07) is 44.5. The Hall–Kier alpha value is -5.40. The zero-order chi connectivity index (χ0) is 30.7. The number of rotatable bonds is 10. The summed E-state index contributed by atoms with van der Waals surface area (Å²) in [5.41, 5.74) is 3.42. The van der Waals surface area contributed by atoms with Crippen LogP contribution in [0.4, 0.5) is 17.1 Å². The minimum absolute atomic E-state index is 0.0708. The second-order valence-electron chi connectivity index (χ2n) is 9.88. The molecule has 5 rings (SSSR count). The fourth-order valence-electron chi connectivity index (χ4n) is 4.50. The lowest BCUT2D eigenvalue weighted by atomic mass is 10.1. The molecule has 7 heteroatoms. The number of carbonyl (C=O) groups excluding carboxylic acids is 3. The summed E-state index contributed by atoms with van der Waals surface area (Å²) in [6.45, 7) is 1.87. The monoisotopic (exact) mass is 597 g/mol. The van der Waals surface area contributed by atoms with E-state index in [9.17, 15) is 14.4 Å². The van der Waals surface area contributed by atoms with Crippen molar-refractivity contribution in [3.8, 4) is 0 Å². The maximum absolute atomic E-state index is 13.8. The maximum Gasteiger partial charge on any atom is 0.272 e. The molecule has 0 spiro atoms. The van der Waals surface area contributed by atoms with Gasteiger partial charge in [0.15, 0.2) is 0 Å². The van der Waals surface area contributed by atoms with Crippen molar-refractivity contribution >= 4 is 52.6 Å². The lowest BCUT2D eigenvalue weighted by Gasteiger charge is -2.26. The first kappa shape index (κ1) is 30.1. The van der Waals surface area contributed by atoms with Crippen LogP contribution in [-0.4, -0.2) is 23.0 Å². The molecule has 0 bridgehead atoms. The number of nitrogens with one attached hydrogen (secondary N) is 2. The number of hydrogen-bond donors (Lipinski definition) is 2. The van der Waals surface area contributed by atoms with Crippen molar-refractivity contribution in [3.05, 3.63) is 162 Å². The number of carbonyl (C=O) groups is 3. The summed E-state index contributed by atoms with van der Waals surface area (Å²) < 4.78 is 0. The Morgan fingerprint density at radius 2 is 1.23 bits per heavy atom. The molecule has 0 saturated carbocycles. The molecule has 1 unspecified atom stereocenters. The van der Waals surface area contributed by atoms with E-state index in [1.165, 1.54) is 11.8 Å². The fraction of sp³-hybridized carbons (Fsp3) is 0.0541. The Labute approximate surface area is 261 Å². The van der Waals surface area contributed by atoms with Crippen LogP contribution in [0.1, 0.15) is 22.8 Å². The second-order valence-corrected chi connectivity index (χ2v) is 11.3. The first-order valence-corrected chi connectivity index (χ1v) is 15.0. The molecule has 0 aromatic heterocycles. The number of nitrogens with zero attached hydrogens (tertiary/aromatic N) is 1. The van der Waals surface area contributed by atoms with Crippen molar-refractivity contribution in [2.24, 2.45) is 0 Å². The number of amides is 3. The number of anilines is 3. The van der Waals surface area contributed by atoms with Gasteiger partial charge in [-0.05, 0) is 73.2 Å². The average Bonchev–Trinajstić information content (AvgIpc) is 3.06. The van der Waals surface area contributed by atoms with E-state index in [1.54, 1.807) is 41.3 Å². The molecule has 0 aliphatic carbocycles. The van der Waals surface area contributed by atoms with Gasteiger partial charge in [0.25, 0.3) is 11.8 Å². The van der Waals surface area contributed by atoms with Gasteiger partial charge >= 0.3 is 0 Å². The van der Waals surface area contributed by atoms with Gasteiger partial charge in [-0.25, -0.2) is 0 Å². The van der Waals surface area contributed by atoms with Gasteiger partial charge < -0.3 is 10.6 Å². The van der Waals surface area contributed by atoms with Gasteiger partial charge in [0.05, 0.1) is 5.25 Å². The van der Waals surface area contributed by atoms with Crippen molar-refractivity contribution in [3.63, 3.8) is 0 Å². The third-order valence-corrected chi connectivity index (χ3v) is 7.72. The molecule has 5 aromatic carbocycles. The maximum atomic E-state index is 13.8. The second kappa shape index (κ2) is 14.7. The average molecular weight is 598 g/mol. The summed E-state index contributed by atoms with van der Waals surface area (Å²) in [5, 5.41) is 5.24. The van der Waals surface area contributed by atoms with Crippen molar-refractivity contribution in [2.45, 2.75) is 17.1 Å². The van der Waals surface area contributed by atoms with Crippen LogP contribution >= 0.6 is 11.8 Å². The Morgan fingerprint density at radius 1 is 0.682 bits per heavy atom. The van der Waals surface area contributed by atoms with E-state index in [4.69, 9.17) is 0 Å². The zero-order valence-electron chi connectivity index (χ0n) is 24.1. The molecule has 6 nitrogen and oxygen atoms in total. The molecule has 5 aromatic rings. The van der Waals surface area contributed by atoms with Crippen molar-refractivity contribution in [1.82, 2.24) is 5.32 Å². The van der Waals surface area contributed by atoms with Gasteiger partial charge in [0, 0.05) is 27.5 Å². The minimum Gasteiger partial charge on any atom is -0.321 e. The van der Waals surface area contributed by atoms with E-state index in [-0.39, 0.29) is 17.5 Å². The van der Waals surface area contributed by atoms with Crippen LogP contribution in [0.25, 0.3) is 6.08 Å². The van der Waals surface area contributed by atoms with Gasteiger partial charge in [0.1, 0.15) is 5.70 Å². The highest BCUT2D eigenvalue weighted by atomic mass is 32.2. The third-order valence-electron chi connectivity index (χ3n) is 6.64. The number of benzene rings is 5. The highest BCUT2D eigenvalue weighted by molar-refractivity contribution is 8.00. The predicted molar refractivity (Wildman–Crippen MR) is 179 cm³/mol. The van der Waals surface area contributed by atoms with Crippen LogP contribution in [0.15, 0.2) is 156 Å². The van der Waals surface area contributed by atoms with E-state index in [1.807, 2.05) is 122 Å². The van der Waals surface area contributed by atoms with E-state index in [2.05, 4.69) is 10.6 Å². The van der Waals surface area contributed by atoms with Crippen LogP contribution < -0.4 is 15.5 Å². The first-order chi connectivity index (χ1) is 21.5. The standard InChI is InChI=1S/C37H31N3O3S/c1-27(37(43)40(31-20-10-4-11-21-31)32-22-12-5-13-23-32)44-33-24-14-19-30(26-33)38-36(42)34(25-28-15-6-2-7-16-28)39-35(41)29-17-8-3-9-18-29/h2-27H,1H3,(H,38,42)(H,39,41)/b34-25+. The lowest BCUT2D eigenvalue weighted by molar-refractivity contribution is -0.117. The predicted octanol–water partition coefficient (Wildman–Crippen LogP) is 7.94. The molecule has 2 N–H and O–H groups in total. The third kappa shape index (κ3) is 7.91. The molecule has 3 amide bonds. The Morgan fingerprint density at radius 3 is 1.82 bits per heavy atom. The van der Waals surface area contributed by atoms with Gasteiger partial charge in [-0.15, -0.1) is 11.8 Å². The summed E-state index contributed by atoms with van der Waals surface area (Å²) in [7, 11) is 0. The van der Waals surface area contributed by atoms with Gasteiger partial charge in [0.2, 0.25) is 5.91 Å². The Bertz CT molecular complexity index is 1710. The topological polar surface area (TPSA) is 78.5 Å². The van der Waals surface area contributed by atoms with Crippen molar-refractivity contribution < 1.29 is 14.4 Å². The molecular weight excluding hydrogens is 566 g/mol. The van der Waals surface area contributed by atoms with Gasteiger partial charge in [-0.1, -0.05) is 91.0 Å². The van der Waals surface area contributed by atoms with E-state index in [0.717, 1.165) is 21.8 Å². The molecule has 44 heavy (non-hydrogen) atoms. The highest BCUT2D eigenvalue weighted by Crippen LogP contribution is 2.32. The van der Waals surface area contributed by atoms with Crippen LogP contribution in [0.5, 0.6) is 0 Å². The minimum atomic E-state index is -0.469. The van der Waals surface area contributed by atoms with Crippen molar-refractivity contribution in [1.29, 1.82) is 0 Å². The largest absolute Gasteiger partial charge is 0.321 e. The van der Waals surface area contributed by atoms with E-state index >= 15 is 0 Å². The summed E-state index contributed by atoms with van der Waals surface area (Å²) >= 11 is 1.40. The molecule has 0 heterocycles. The number of hydrogen-bond acceptors (Lipinski definition) is 4. The van der Waals surface area contributed by atoms with Gasteiger partial charge in [-0.2, -0.15) is 0 Å². The summed E-state index contributed by atoms with van der Waals surface area (Å²) in [4.78, 5) is 42.7. The Kier molecular flexibility index (Phi) is 10.0. The van der Waals surface area contributed by atoms with Crippen LogP contribution in [0.3, 0.4) is 0 Å². The molecule has 0 aliphatic heterocycles. The molecule has 0 radical (unpaired) electrons. The van der Waals surface area contributed by atoms with Crippen LogP contribution in [0.2, 0.25) is 0 Å². The Balaban J connectivity index is 1.33. The van der Waals surface area contributed by atoms with E-state index < -0.39 is 11.2 Å².